The van der Waals surface area contributed by atoms with Gasteiger partial charge in [-0.2, -0.15) is 13.2 Å². The van der Waals surface area contributed by atoms with Crippen molar-refractivity contribution in [3.8, 4) is 0 Å². The molecule has 1 aromatic rings. The molecule has 0 unspecified atom stereocenters. The van der Waals surface area contributed by atoms with Crippen LogP contribution in [-0.2, 0) is 0 Å². The maximum Gasteiger partial charge on any atom is 0.390 e. The number of anilines is 1. The highest BCUT2D eigenvalue weighted by Crippen LogP contribution is 2.28. The molecule has 0 amide bonds. The maximum atomic E-state index is 12.1. The van der Waals surface area contributed by atoms with E-state index in [0.717, 1.165) is 0 Å². The summed E-state index contributed by atoms with van der Waals surface area (Å²) in [4.78, 5) is 1.78. The molecular weight excluding hydrogens is 329 g/mol. The van der Waals surface area contributed by atoms with Crippen molar-refractivity contribution in [2.24, 2.45) is 5.73 Å². The Balaban J connectivity index is 2.80. The van der Waals surface area contributed by atoms with Gasteiger partial charge in [0.05, 0.1) is 12.1 Å². The highest BCUT2D eigenvalue weighted by Gasteiger charge is 2.27. The predicted octanol–water partition coefficient (Wildman–Crippen LogP) is 3.47. The number of hydrogen-bond acceptors (Lipinski definition) is 2. The van der Waals surface area contributed by atoms with Crippen molar-refractivity contribution in [3.05, 3.63) is 28.2 Å². The van der Waals surface area contributed by atoms with Crippen LogP contribution in [0.15, 0.2) is 22.7 Å². The molecule has 1 rings (SSSR count). The van der Waals surface area contributed by atoms with E-state index < -0.39 is 12.6 Å². The molecule has 0 fully saturated rings. The van der Waals surface area contributed by atoms with Crippen LogP contribution in [0.25, 0.3) is 0 Å². The van der Waals surface area contributed by atoms with E-state index in [-0.39, 0.29) is 11.5 Å². The van der Waals surface area contributed by atoms with Gasteiger partial charge in [0.2, 0.25) is 0 Å². The summed E-state index contributed by atoms with van der Waals surface area (Å²) in [5, 5.41) is 0. The van der Waals surface area contributed by atoms with Crippen molar-refractivity contribution in [1.29, 1.82) is 0 Å². The molecule has 1 aromatic carbocycles. The molecule has 0 aromatic heterocycles. The Morgan fingerprint density at radius 3 is 2.50 bits per heavy atom. The van der Waals surface area contributed by atoms with Gasteiger partial charge < -0.3 is 10.6 Å². The number of alkyl halides is 3. The summed E-state index contributed by atoms with van der Waals surface area (Å²) in [7, 11) is 1.60. The average molecular weight is 341 g/mol. The number of rotatable bonds is 4. The van der Waals surface area contributed by atoms with Gasteiger partial charge in [-0.25, -0.2) is 0 Å². The Labute approximate surface area is 117 Å². The zero-order chi connectivity index (χ0) is 13.9. The Hall–Kier alpha value is -0.820. The second kappa shape index (κ2) is 5.88. The van der Waals surface area contributed by atoms with Crippen LogP contribution in [0.2, 0.25) is 0 Å². The van der Waals surface area contributed by atoms with Crippen molar-refractivity contribution in [2.45, 2.75) is 12.6 Å². The number of nitrogens with zero attached hydrogens (tertiary/aromatic N) is 1. The van der Waals surface area contributed by atoms with Crippen LogP contribution in [0.3, 0.4) is 0 Å². The van der Waals surface area contributed by atoms with Crippen LogP contribution in [0.5, 0.6) is 0 Å². The Bertz CT molecular complexity index is 448. The fraction of sp³-hybridized carbons (Fsp3) is 0.364. The first-order valence-electron chi connectivity index (χ1n) is 5.08. The molecule has 18 heavy (non-hydrogen) atoms. The molecule has 0 aliphatic carbocycles. The molecule has 0 bridgehead atoms. The van der Waals surface area contributed by atoms with Crippen molar-refractivity contribution < 1.29 is 13.2 Å². The largest absolute Gasteiger partial charge is 0.390 e. The predicted molar refractivity (Wildman–Crippen MR) is 74.0 cm³/mol. The lowest BCUT2D eigenvalue weighted by atomic mass is 10.2. The molecule has 2 N–H and O–H groups in total. The van der Waals surface area contributed by atoms with Gasteiger partial charge in [0.1, 0.15) is 4.99 Å². The molecule has 0 atom stereocenters. The normalized spacial score (nSPS) is 11.4. The van der Waals surface area contributed by atoms with Crippen LogP contribution in [0, 0.1) is 0 Å². The summed E-state index contributed by atoms with van der Waals surface area (Å²) >= 11 is 8.12. The van der Waals surface area contributed by atoms with E-state index in [1.807, 2.05) is 0 Å². The second-order valence-corrected chi connectivity index (χ2v) is 5.11. The lowest BCUT2D eigenvalue weighted by Crippen LogP contribution is -2.24. The monoisotopic (exact) mass is 340 g/mol. The standard InChI is InChI=1S/C11H12BrF3N2S/c1-17(5-4-11(13,14)15)9-3-2-7(10(16)18)6-8(9)12/h2-3,6H,4-5H2,1H3,(H2,16,18). The molecular formula is C11H12BrF3N2S. The summed E-state index contributed by atoms with van der Waals surface area (Å²) in [5.41, 5.74) is 6.81. The van der Waals surface area contributed by atoms with Gasteiger partial charge >= 0.3 is 6.18 Å². The first-order chi connectivity index (χ1) is 8.20. The van der Waals surface area contributed by atoms with Gasteiger partial charge in [-0.05, 0) is 34.1 Å². The van der Waals surface area contributed by atoms with E-state index in [4.69, 9.17) is 18.0 Å². The molecule has 0 heterocycles. The number of benzene rings is 1. The first kappa shape index (κ1) is 15.2. The molecule has 0 saturated heterocycles. The highest BCUT2D eigenvalue weighted by molar-refractivity contribution is 9.10. The zero-order valence-electron chi connectivity index (χ0n) is 9.59. The Morgan fingerprint density at radius 1 is 1.44 bits per heavy atom. The third-order valence-corrected chi connectivity index (χ3v) is 3.24. The minimum Gasteiger partial charge on any atom is -0.389 e. The molecule has 7 heteroatoms. The summed E-state index contributed by atoms with van der Waals surface area (Å²) < 4.78 is 37.1. The topological polar surface area (TPSA) is 29.3 Å². The van der Waals surface area contributed by atoms with Gasteiger partial charge in [-0.3, -0.25) is 0 Å². The van der Waals surface area contributed by atoms with Crippen molar-refractivity contribution in [1.82, 2.24) is 0 Å². The SMILES string of the molecule is CN(CCC(F)(F)F)c1ccc(C(N)=S)cc1Br. The van der Waals surface area contributed by atoms with Crippen LogP contribution in [-0.4, -0.2) is 24.8 Å². The smallest absolute Gasteiger partial charge is 0.389 e. The molecule has 0 spiro atoms. The molecule has 2 nitrogen and oxygen atoms in total. The van der Waals surface area contributed by atoms with Crippen LogP contribution >= 0.6 is 28.1 Å². The van der Waals surface area contributed by atoms with Crippen molar-refractivity contribution in [2.75, 3.05) is 18.5 Å². The minimum atomic E-state index is -4.15. The molecule has 0 saturated carbocycles. The van der Waals surface area contributed by atoms with Gasteiger partial charge in [-0.1, -0.05) is 12.2 Å². The summed E-state index contributed by atoms with van der Waals surface area (Å²) in [6.45, 7) is -0.103. The molecule has 0 radical (unpaired) electrons. The third-order valence-electron chi connectivity index (χ3n) is 2.37. The van der Waals surface area contributed by atoms with Crippen LogP contribution < -0.4 is 10.6 Å². The summed E-state index contributed by atoms with van der Waals surface area (Å²) in [6.07, 6.45) is -5.01. The second-order valence-electron chi connectivity index (χ2n) is 3.82. The zero-order valence-corrected chi connectivity index (χ0v) is 12.0. The Morgan fingerprint density at radius 2 is 2.06 bits per heavy atom. The van der Waals surface area contributed by atoms with E-state index in [0.29, 0.717) is 15.7 Å². The summed E-state index contributed by atoms with van der Waals surface area (Å²) in [6, 6.07) is 5.07. The van der Waals surface area contributed by atoms with Gasteiger partial charge in [-0.15, -0.1) is 0 Å². The quantitative estimate of drug-likeness (QED) is 0.851. The summed E-state index contributed by atoms with van der Waals surface area (Å²) in [5.74, 6) is 0. The van der Waals surface area contributed by atoms with Crippen molar-refractivity contribution >= 4 is 38.8 Å². The average Bonchev–Trinajstić information content (AvgIpc) is 2.24. The lowest BCUT2D eigenvalue weighted by molar-refractivity contribution is -0.132. The van der Waals surface area contributed by atoms with E-state index in [1.165, 1.54) is 4.90 Å². The van der Waals surface area contributed by atoms with E-state index >= 15 is 0 Å². The molecule has 100 valence electrons. The fourth-order valence-electron chi connectivity index (χ4n) is 1.38. The molecule has 0 aliphatic heterocycles. The van der Waals surface area contributed by atoms with Gasteiger partial charge in [0.25, 0.3) is 0 Å². The highest BCUT2D eigenvalue weighted by atomic mass is 79.9. The van der Waals surface area contributed by atoms with Crippen LogP contribution in [0.1, 0.15) is 12.0 Å². The van der Waals surface area contributed by atoms with E-state index in [2.05, 4.69) is 15.9 Å². The van der Waals surface area contributed by atoms with E-state index in [1.54, 1.807) is 25.2 Å². The number of nitrogens with two attached hydrogens (primary N) is 1. The van der Waals surface area contributed by atoms with Gasteiger partial charge in [0.15, 0.2) is 0 Å². The first-order valence-corrected chi connectivity index (χ1v) is 6.28. The third kappa shape index (κ3) is 4.45. The number of hydrogen-bond donors (Lipinski definition) is 1. The number of thiocarbonyl (C=S) groups is 1. The van der Waals surface area contributed by atoms with Crippen LogP contribution in [0.4, 0.5) is 18.9 Å². The minimum absolute atomic E-state index is 0.103. The molecule has 0 aliphatic rings. The van der Waals surface area contributed by atoms with E-state index in [9.17, 15) is 13.2 Å². The Kier molecular flexibility index (Phi) is 4.98. The fourth-order valence-corrected chi connectivity index (χ4v) is 2.19. The lowest BCUT2D eigenvalue weighted by Gasteiger charge is -2.21. The van der Waals surface area contributed by atoms with Gasteiger partial charge in [0, 0.05) is 23.6 Å². The number of halogens is 4. The van der Waals surface area contributed by atoms with Crippen molar-refractivity contribution in [3.63, 3.8) is 0 Å². The maximum absolute atomic E-state index is 12.1.